The third-order valence-electron chi connectivity index (χ3n) is 1.10. The van der Waals surface area contributed by atoms with Gasteiger partial charge in [0.1, 0.15) is 5.82 Å². The minimum Gasteiger partial charge on any atom is -0.481 e. The van der Waals surface area contributed by atoms with Crippen LogP contribution in [0.15, 0.2) is 6.07 Å². The van der Waals surface area contributed by atoms with Gasteiger partial charge in [-0.05, 0) is 11.6 Å². The first-order valence-corrected chi connectivity index (χ1v) is 3.46. The van der Waals surface area contributed by atoms with Crippen molar-refractivity contribution >= 4 is 23.4 Å². The van der Waals surface area contributed by atoms with Gasteiger partial charge in [-0.2, -0.15) is 0 Å². The predicted molar refractivity (Wildman–Crippen MR) is 42.8 cm³/mol. The highest BCUT2D eigenvalue weighted by Gasteiger charge is 2.04. The first-order chi connectivity index (χ1) is 5.58. The fourth-order valence-electron chi connectivity index (χ4n) is 0.731. The Morgan fingerprint density at radius 3 is 2.83 bits per heavy atom. The van der Waals surface area contributed by atoms with Crippen LogP contribution in [-0.4, -0.2) is 21.0 Å². The minimum absolute atomic E-state index is 0.0359. The van der Waals surface area contributed by atoms with E-state index in [0.717, 1.165) is 0 Å². The van der Waals surface area contributed by atoms with Crippen molar-refractivity contribution in [2.75, 3.05) is 5.73 Å². The summed E-state index contributed by atoms with van der Waals surface area (Å²) in [5.74, 6) is -0.810. The summed E-state index contributed by atoms with van der Waals surface area (Å²) < 4.78 is 0. The summed E-state index contributed by atoms with van der Waals surface area (Å²) in [5, 5.41) is 8.37. The summed E-state index contributed by atoms with van der Waals surface area (Å²) in [6.07, 6.45) is -0.202. The zero-order valence-corrected chi connectivity index (χ0v) is 6.75. The first kappa shape index (κ1) is 8.73. The smallest absolute Gasteiger partial charge is 0.309 e. The molecule has 3 N–H and O–H groups in total. The fraction of sp³-hybridized carbons (Fsp3) is 0.167. The van der Waals surface area contributed by atoms with Gasteiger partial charge in [-0.25, -0.2) is 9.97 Å². The van der Waals surface area contributed by atoms with Crippen LogP contribution in [0.4, 0.5) is 5.82 Å². The van der Waals surface area contributed by atoms with Crippen molar-refractivity contribution in [2.24, 2.45) is 0 Å². The maximum atomic E-state index is 10.2. The molecular formula is C6H6ClN3O2. The van der Waals surface area contributed by atoms with Crippen LogP contribution in [0.25, 0.3) is 0 Å². The first-order valence-electron chi connectivity index (χ1n) is 3.08. The van der Waals surface area contributed by atoms with Crippen LogP contribution < -0.4 is 5.73 Å². The van der Waals surface area contributed by atoms with E-state index >= 15 is 0 Å². The molecular weight excluding hydrogens is 182 g/mol. The average molecular weight is 188 g/mol. The third-order valence-corrected chi connectivity index (χ3v) is 1.27. The summed E-state index contributed by atoms with van der Waals surface area (Å²) in [6, 6.07) is 1.38. The quantitative estimate of drug-likeness (QED) is 0.652. The second-order valence-corrected chi connectivity index (χ2v) is 2.46. The van der Waals surface area contributed by atoms with E-state index in [0.29, 0.717) is 5.69 Å². The van der Waals surface area contributed by atoms with Crippen molar-refractivity contribution in [3.63, 3.8) is 0 Å². The molecule has 0 unspecified atom stereocenters. The molecule has 0 aliphatic heterocycles. The minimum atomic E-state index is -0.982. The number of aromatic nitrogens is 2. The van der Waals surface area contributed by atoms with Gasteiger partial charge in [0.25, 0.3) is 0 Å². The molecule has 0 fully saturated rings. The van der Waals surface area contributed by atoms with E-state index in [1.165, 1.54) is 6.07 Å². The van der Waals surface area contributed by atoms with E-state index in [1.54, 1.807) is 0 Å². The number of aliphatic carboxylic acids is 1. The van der Waals surface area contributed by atoms with Gasteiger partial charge in [0, 0.05) is 6.07 Å². The lowest BCUT2D eigenvalue weighted by atomic mass is 10.3. The van der Waals surface area contributed by atoms with E-state index in [4.69, 9.17) is 22.4 Å². The molecule has 0 spiro atoms. The highest BCUT2D eigenvalue weighted by molar-refractivity contribution is 6.28. The number of rotatable bonds is 2. The topological polar surface area (TPSA) is 89.1 Å². The van der Waals surface area contributed by atoms with Gasteiger partial charge in [-0.1, -0.05) is 0 Å². The van der Waals surface area contributed by atoms with Gasteiger partial charge < -0.3 is 10.8 Å². The Morgan fingerprint density at radius 1 is 1.67 bits per heavy atom. The number of halogens is 1. The van der Waals surface area contributed by atoms with Gasteiger partial charge in [-0.3, -0.25) is 4.79 Å². The molecule has 1 aromatic heterocycles. The van der Waals surface area contributed by atoms with Gasteiger partial charge in [-0.15, -0.1) is 0 Å². The molecule has 64 valence electrons. The van der Waals surface area contributed by atoms with Crippen molar-refractivity contribution in [3.8, 4) is 0 Å². The molecule has 1 rings (SSSR count). The van der Waals surface area contributed by atoms with E-state index in [-0.39, 0.29) is 17.5 Å². The summed E-state index contributed by atoms with van der Waals surface area (Å²) in [6.45, 7) is 0. The standard InChI is InChI=1S/C6H6ClN3O2/c7-6-9-3(2-5(11)12)1-4(8)10-6/h1H,2H2,(H,11,12)(H2,8,9,10). The Hall–Kier alpha value is -1.36. The maximum Gasteiger partial charge on any atom is 0.309 e. The van der Waals surface area contributed by atoms with Crippen LogP contribution in [0.5, 0.6) is 0 Å². The molecule has 1 heterocycles. The van der Waals surface area contributed by atoms with Crippen LogP contribution in [0.1, 0.15) is 5.69 Å². The molecule has 0 aromatic carbocycles. The van der Waals surface area contributed by atoms with Gasteiger partial charge in [0.15, 0.2) is 0 Å². The highest BCUT2D eigenvalue weighted by atomic mass is 35.5. The molecule has 0 aliphatic rings. The number of nitrogen functional groups attached to an aromatic ring is 1. The highest BCUT2D eigenvalue weighted by Crippen LogP contribution is 2.07. The number of carboxylic acids is 1. The van der Waals surface area contributed by atoms with Crippen molar-refractivity contribution in [1.82, 2.24) is 9.97 Å². The Morgan fingerprint density at radius 2 is 2.33 bits per heavy atom. The second kappa shape index (κ2) is 3.36. The van der Waals surface area contributed by atoms with Crippen molar-refractivity contribution in [3.05, 3.63) is 17.0 Å². The van der Waals surface area contributed by atoms with Gasteiger partial charge >= 0.3 is 5.97 Å². The van der Waals surface area contributed by atoms with Crippen LogP contribution in [0, 0.1) is 0 Å². The van der Waals surface area contributed by atoms with E-state index in [2.05, 4.69) is 9.97 Å². The molecule has 5 nitrogen and oxygen atoms in total. The van der Waals surface area contributed by atoms with Crippen LogP contribution >= 0.6 is 11.6 Å². The predicted octanol–water partition coefficient (Wildman–Crippen LogP) is 0.339. The maximum absolute atomic E-state index is 10.2. The Kier molecular flexibility index (Phi) is 2.44. The molecule has 6 heteroatoms. The van der Waals surface area contributed by atoms with Crippen molar-refractivity contribution in [2.45, 2.75) is 6.42 Å². The van der Waals surface area contributed by atoms with Gasteiger partial charge in [0.2, 0.25) is 5.28 Å². The third kappa shape index (κ3) is 2.35. The monoisotopic (exact) mass is 187 g/mol. The fourth-order valence-corrected chi connectivity index (χ4v) is 0.937. The molecule has 0 bridgehead atoms. The Bertz CT molecular complexity index is 295. The van der Waals surface area contributed by atoms with E-state index < -0.39 is 5.97 Å². The zero-order valence-electron chi connectivity index (χ0n) is 5.99. The van der Waals surface area contributed by atoms with Gasteiger partial charge in [0.05, 0.1) is 12.1 Å². The molecule has 0 amide bonds. The summed E-state index contributed by atoms with van der Waals surface area (Å²) >= 11 is 5.44. The van der Waals surface area contributed by atoms with Crippen molar-refractivity contribution in [1.29, 1.82) is 0 Å². The molecule has 0 saturated carbocycles. The number of nitrogens with two attached hydrogens (primary N) is 1. The second-order valence-electron chi connectivity index (χ2n) is 2.12. The number of nitrogens with zero attached hydrogens (tertiary/aromatic N) is 2. The zero-order chi connectivity index (χ0) is 9.14. The van der Waals surface area contributed by atoms with E-state index in [9.17, 15) is 4.79 Å². The number of anilines is 1. The number of hydrogen-bond acceptors (Lipinski definition) is 4. The molecule has 0 saturated heterocycles. The summed E-state index contributed by atoms with van der Waals surface area (Å²) in [5.41, 5.74) is 5.61. The van der Waals surface area contributed by atoms with Crippen molar-refractivity contribution < 1.29 is 9.90 Å². The largest absolute Gasteiger partial charge is 0.481 e. The molecule has 1 aromatic rings. The lowest BCUT2D eigenvalue weighted by molar-refractivity contribution is -0.136. The van der Waals surface area contributed by atoms with Crippen LogP contribution in [0.3, 0.4) is 0 Å². The number of carboxylic acid groups (broad SMARTS) is 1. The molecule has 0 aliphatic carbocycles. The number of carbonyl (C=O) groups is 1. The molecule has 0 atom stereocenters. The van der Waals surface area contributed by atoms with Crippen LogP contribution in [-0.2, 0) is 11.2 Å². The Labute approximate surface area is 73.2 Å². The SMILES string of the molecule is Nc1cc(CC(=O)O)nc(Cl)n1. The normalized spacial score (nSPS) is 9.75. The number of hydrogen-bond donors (Lipinski definition) is 2. The summed E-state index contributed by atoms with van der Waals surface area (Å²) in [4.78, 5) is 17.5. The molecule has 12 heavy (non-hydrogen) atoms. The average Bonchev–Trinajstić information content (AvgIpc) is 1.81. The van der Waals surface area contributed by atoms with E-state index in [1.807, 2.05) is 0 Å². The lowest BCUT2D eigenvalue weighted by Crippen LogP contribution is -2.04. The molecule has 0 radical (unpaired) electrons. The Balaban J connectivity index is 2.93. The summed E-state index contributed by atoms with van der Waals surface area (Å²) in [7, 11) is 0. The van der Waals surface area contributed by atoms with Crippen LogP contribution in [0.2, 0.25) is 5.28 Å². The lowest BCUT2D eigenvalue weighted by Gasteiger charge is -1.97.